The molecular formula is C13H18Cl3NO. The summed E-state index contributed by atoms with van der Waals surface area (Å²) in [5.74, 6) is 0.559. The third kappa shape index (κ3) is 4.85. The Morgan fingerprint density at radius 3 is 2.56 bits per heavy atom. The fourth-order valence-corrected chi connectivity index (χ4v) is 2.32. The van der Waals surface area contributed by atoms with E-state index in [2.05, 4.69) is 12.2 Å². The number of nitrogens with one attached hydrogen (secondary N) is 1. The van der Waals surface area contributed by atoms with Gasteiger partial charge in [0, 0.05) is 11.1 Å². The van der Waals surface area contributed by atoms with E-state index in [1.807, 2.05) is 7.05 Å². The second kappa shape index (κ2) is 8.11. The third-order valence-corrected chi connectivity index (χ3v) is 3.58. The molecule has 5 heteroatoms. The highest BCUT2D eigenvalue weighted by atomic mass is 35.5. The van der Waals surface area contributed by atoms with Gasteiger partial charge in [0.2, 0.25) is 0 Å². The highest BCUT2D eigenvalue weighted by molar-refractivity contribution is 6.44. The van der Waals surface area contributed by atoms with E-state index < -0.39 is 0 Å². The van der Waals surface area contributed by atoms with Crippen molar-refractivity contribution in [3.05, 3.63) is 27.2 Å². The molecule has 1 N–H and O–H groups in total. The van der Waals surface area contributed by atoms with Gasteiger partial charge in [0.1, 0.15) is 10.8 Å². The van der Waals surface area contributed by atoms with Crippen LogP contribution in [0.15, 0.2) is 12.1 Å². The zero-order valence-corrected chi connectivity index (χ0v) is 12.9. The Balaban J connectivity index is 2.79. The van der Waals surface area contributed by atoms with E-state index in [0.29, 0.717) is 20.8 Å². The Hall–Kier alpha value is -0.150. The zero-order chi connectivity index (χ0) is 13.5. The maximum absolute atomic E-state index is 6.11. The third-order valence-electron chi connectivity index (χ3n) is 2.58. The number of rotatable bonds is 7. The first-order valence-electron chi connectivity index (χ1n) is 6.04. The molecule has 2 nitrogen and oxygen atoms in total. The smallest absolute Gasteiger partial charge is 0.141 e. The number of halogens is 3. The largest absolute Gasteiger partial charge is 0.489 e. The van der Waals surface area contributed by atoms with Gasteiger partial charge in [-0.05, 0) is 32.5 Å². The lowest BCUT2D eigenvalue weighted by Crippen LogP contribution is -2.22. The molecule has 1 aromatic carbocycles. The van der Waals surface area contributed by atoms with Gasteiger partial charge in [0.05, 0.1) is 11.1 Å². The molecule has 0 spiro atoms. The van der Waals surface area contributed by atoms with Crippen molar-refractivity contribution in [2.45, 2.75) is 32.3 Å². The molecule has 1 atom stereocenters. The minimum absolute atomic E-state index is 0.120. The first kappa shape index (κ1) is 15.9. The molecule has 1 rings (SSSR count). The Morgan fingerprint density at radius 2 is 1.94 bits per heavy atom. The molecule has 0 aromatic heterocycles. The first-order chi connectivity index (χ1) is 8.58. The van der Waals surface area contributed by atoms with Gasteiger partial charge in [0.15, 0.2) is 0 Å². The van der Waals surface area contributed by atoms with Crippen molar-refractivity contribution in [1.82, 2.24) is 5.32 Å². The van der Waals surface area contributed by atoms with Crippen LogP contribution in [0.1, 0.15) is 26.2 Å². The van der Waals surface area contributed by atoms with E-state index in [4.69, 9.17) is 39.5 Å². The van der Waals surface area contributed by atoms with E-state index >= 15 is 0 Å². The summed E-state index contributed by atoms with van der Waals surface area (Å²) in [6.45, 7) is 3.03. The second-order valence-corrected chi connectivity index (χ2v) is 5.34. The van der Waals surface area contributed by atoms with Crippen LogP contribution in [0.5, 0.6) is 5.75 Å². The Morgan fingerprint density at radius 1 is 1.22 bits per heavy atom. The summed E-state index contributed by atoms with van der Waals surface area (Å²) in [7, 11) is 1.92. The van der Waals surface area contributed by atoms with Gasteiger partial charge in [-0.1, -0.05) is 48.1 Å². The summed E-state index contributed by atoms with van der Waals surface area (Å²) in [5, 5.41) is 4.49. The summed E-state index contributed by atoms with van der Waals surface area (Å²) in [4.78, 5) is 0. The number of hydrogen-bond donors (Lipinski definition) is 1. The predicted octanol–water partition coefficient (Wildman–Crippen LogP) is 4.80. The molecule has 0 saturated carbocycles. The standard InChI is InChI=1S/C13H18Cl3NO/c1-3-4-10(5-6-17-2)18-12-8-9(14)7-11(15)13(12)16/h7-8,10,17H,3-6H2,1-2H3. The Labute approximate surface area is 124 Å². The summed E-state index contributed by atoms with van der Waals surface area (Å²) in [6.07, 6.45) is 3.07. The normalized spacial score (nSPS) is 12.5. The quantitative estimate of drug-likeness (QED) is 0.730. The van der Waals surface area contributed by atoms with Crippen LogP contribution in [0.4, 0.5) is 0 Å². The van der Waals surface area contributed by atoms with Crippen molar-refractivity contribution in [3.8, 4) is 5.75 Å². The fourth-order valence-electron chi connectivity index (χ4n) is 1.69. The zero-order valence-electron chi connectivity index (χ0n) is 10.6. The highest BCUT2D eigenvalue weighted by Gasteiger charge is 2.14. The SMILES string of the molecule is CCCC(CCNC)Oc1cc(Cl)cc(Cl)c1Cl. The first-order valence-corrected chi connectivity index (χ1v) is 7.17. The predicted molar refractivity (Wildman–Crippen MR) is 79.3 cm³/mol. The van der Waals surface area contributed by atoms with Gasteiger partial charge in [-0.3, -0.25) is 0 Å². The molecular weight excluding hydrogens is 293 g/mol. The number of benzene rings is 1. The average Bonchev–Trinajstić information content (AvgIpc) is 2.32. The van der Waals surface area contributed by atoms with Crippen LogP contribution < -0.4 is 10.1 Å². The topological polar surface area (TPSA) is 21.3 Å². The average molecular weight is 311 g/mol. The van der Waals surface area contributed by atoms with Gasteiger partial charge in [-0.2, -0.15) is 0 Å². The maximum atomic E-state index is 6.11. The molecule has 0 bridgehead atoms. The van der Waals surface area contributed by atoms with Gasteiger partial charge in [-0.25, -0.2) is 0 Å². The number of hydrogen-bond acceptors (Lipinski definition) is 2. The van der Waals surface area contributed by atoms with Crippen LogP contribution in [-0.2, 0) is 0 Å². The molecule has 0 radical (unpaired) electrons. The van der Waals surface area contributed by atoms with Crippen LogP contribution >= 0.6 is 34.8 Å². The minimum atomic E-state index is 0.120. The number of ether oxygens (including phenoxy) is 1. The van der Waals surface area contributed by atoms with E-state index in [9.17, 15) is 0 Å². The maximum Gasteiger partial charge on any atom is 0.141 e. The lowest BCUT2D eigenvalue weighted by molar-refractivity contribution is 0.180. The van der Waals surface area contributed by atoms with Crippen molar-refractivity contribution in [3.63, 3.8) is 0 Å². The van der Waals surface area contributed by atoms with Crippen LogP contribution in [0, 0.1) is 0 Å². The van der Waals surface area contributed by atoms with E-state index in [1.54, 1.807) is 12.1 Å². The molecule has 18 heavy (non-hydrogen) atoms. The highest BCUT2D eigenvalue weighted by Crippen LogP contribution is 2.36. The molecule has 0 aliphatic heterocycles. The van der Waals surface area contributed by atoms with E-state index in [0.717, 1.165) is 25.8 Å². The summed E-state index contributed by atoms with van der Waals surface area (Å²) < 4.78 is 5.91. The van der Waals surface area contributed by atoms with Crippen LogP contribution in [0.2, 0.25) is 15.1 Å². The molecule has 0 fully saturated rings. The van der Waals surface area contributed by atoms with Crippen LogP contribution in [-0.4, -0.2) is 19.7 Å². The lowest BCUT2D eigenvalue weighted by atomic mass is 10.1. The summed E-state index contributed by atoms with van der Waals surface area (Å²) >= 11 is 18.0. The van der Waals surface area contributed by atoms with Crippen molar-refractivity contribution in [2.75, 3.05) is 13.6 Å². The molecule has 102 valence electrons. The molecule has 0 aliphatic carbocycles. The van der Waals surface area contributed by atoms with Crippen LogP contribution in [0.25, 0.3) is 0 Å². The van der Waals surface area contributed by atoms with Gasteiger partial charge in [-0.15, -0.1) is 0 Å². The van der Waals surface area contributed by atoms with Gasteiger partial charge < -0.3 is 10.1 Å². The minimum Gasteiger partial charge on any atom is -0.489 e. The monoisotopic (exact) mass is 309 g/mol. The lowest BCUT2D eigenvalue weighted by Gasteiger charge is -2.20. The second-order valence-electron chi connectivity index (χ2n) is 4.12. The fraction of sp³-hybridized carbons (Fsp3) is 0.538. The van der Waals surface area contributed by atoms with Crippen molar-refractivity contribution in [1.29, 1.82) is 0 Å². The Kier molecular flexibility index (Phi) is 7.16. The van der Waals surface area contributed by atoms with Gasteiger partial charge in [0.25, 0.3) is 0 Å². The molecule has 0 amide bonds. The summed E-state index contributed by atoms with van der Waals surface area (Å²) in [6, 6.07) is 3.32. The van der Waals surface area contributed by atoms with E-state index in [-0.39, 0.29) is 6.10 Å². The van der Waals surface area contributed by atoms with Crippen molar-refractivity contribution >= 4 is 34.8 Å². The molecule has 0 saturated heterocycles. The van der Waals surface area contributed by atoms with Crippen molar-refractivity contribution < 1.29 is 4.74 Å². The molecule has 1 unspecified atom stereocenters. The summed E-state index contributed by atoms with van der Waals surface area (Å²) in [5.41, 5.74) is 0. The van der Waals surface area contributed by atoms with Crippen molar-refractivity contribution in [2.24, 2.45) is 0 Å². The molecule has 1 aromatic rings. The van der Waals surface area contributed by atoms with Crippen LogP contribution in [0.3, 0.4) is 0 Å². The Bertz CT molecular complexity index is 385. The van der Waals surface area contributed by atoms with Gasteiger partial charge >= 0.3 is 0 Å². The molecule has 0 heterocycles. The molecule has 0 aliphatic rings. The van der Waals surface area contributed by atoms with E-state index in [1.165, 1.54) is 0 Å².